The molecule has 2 rings (SSSR count). The van der Waals surface area contributed by atoms with Gasteiger partial charge in [-0.15, -0.1) is 11.3 Å². The molecule has 1 aromatic carbocycles. The standard InChI is InChI=1S/C16H17FN2S/c1-16(2,14-7-4-8-20-14)11-19-10-13-6-3-5-12(9-18)15(13)17/h3-8,19H,10-11H2,1-2H3. The monoisotopic (exact) mass is 288 g/mol. The second-order valence-corrected chi connectivity index (χ2v) is 6.30. The average molecular weight is 288 g/mol. The maximum Gasteiger partial charge on any atom is 0.145 e. The number of hydrogen-bond acceptors (Lipinski definition) is 3. The Morgan fingerprint density at radius 3 is 2.75 bits per heavy atom. The molecule has 0 amide bonds. The molecular formula is C16H17FN2S. The molecule has 1 heterocycles. The number of benzene rings is 1. The van der Waals surface area contributed by atoms with E-state index in [1.807, 2.05) is 12.1 Å². The van der Waals surface area contributed by atoms with Crippen LogP contribution >= 0.6 is 11.3 Å². The first-order valence-corrected chi connectivity index (χ1v) is 7.35. The van der Waals surface area contributed by atoms with Gasteiger partial charge in [0, 0.05) is 28.9 Å². The van der Waals surface area contributed by atoms with Crippen molar-refractivity contribution in [2.24, 2.45) is 0 Å². The minimum atomic E-state index is -0.420. The highest BCUT2D eigenvalue weighted by Crippen LogP contribution is 2.26. The summed E-state index contributed by atoms with van der Waals surface area (Å²) in [6.07, 6.45) is 0. The number of rotatable bonds is 5. The third-order valence-corrected chi connectivity index (χ3v) is 4.51. The van der Waals surface area contributed by atoms with Crippen LogP contribution in [0, 0.1) is 17.1 Å². The molecule has 0 unspecified atom stereocenters. The molecule has 0 fully saturated rings. The van der Waals surface area contributed by atoms with Crippen molar-refractivity contribution in [3.8, 4) is 6.07 Å². The third-order valence-electron chi connectivity index (χ3n) is 3.27. The smallest absolute Gasteiger partial charge is 0.145 e. The van der Waals surface area contributed by atoms with Crippen LogP contribution in [0.3, 0.4) is 0 Å². The predicted molar refractivity (Wildman–Crippen MR) is 80.2 cm³/mol. The van der Waals surface area contributed by atoms with E-state index in [1.54, 1.807) is 23.5 Å². The van der Waals surface area contributed by atoms with Gasteiger partial charge in [-0.1, -0.05) is 32.0 Å². The molecule has 0 aliphatic rings. The summed E-state index contributed by atoms with van der Waals surface area (Å²) in [6.45, 7) is 5.50. The van der Waals surface area contributed by atoms with Crippen molar-refractivity contribution < 1.29 is 4.39 Å². The number of thiophene rings is 1. The Hall–Kier alpha value is -1.70. The molecule has 0 bridgehead atoms. The molecule has 0 radical (unpaired) electrons. The fourth-order valence-corrected chi connectivity index (χ4v) is 2.92. The van der Waals surface area contributed by atoms with Crippen molar-refractivity contribution in [2.45, 2.75) is 25.8 Å². The lowest BCUT2D eigenvalue weighted by molar-refractivity contribution is 0.471. The van der Waals surface area contributed by atoms with E-state index in [0.29, 0.717) is 12.1 Å². The van der Waals surface area contributed by atoms with Gasteiger partial charge in [0.1, 0.15) is 11.9 Å². The lowest BCUT2D eigenvalue weighted by Gasteiger charge is -2.23. The van der Waals surface area contributed by atoms with Crippen LogP contribution in [0.5, 0.6) is 0 Å². The summed E-state index contributed by atoms with van der Waals surface area (Å²) in [6, 6.07) is 10.9. The van der Waals surface area contributed by atoms with E-state index >= 15 is 0 Å². The van der Waals surface area contributed by atoms with Crippen molar-refractivity contribution in [3.05, 3.63) is 57.5 Å². The Morgan fingerprint density at radius 1 is 1.30 bits per heavy atom. The molecule has 0 atom stereocenters. The van der Waals surface area contributed by atoms with Crippen molar-refractivity contribution >= 4 is 11.3 Å². The molecule has 2 aromatic rings. The van der Waals surface area contributed by atoms with Crippen LogP contribution in [0.4, 0.5) is 4.39 Å². The summed E-state index contributed by atoms with van der Waals surface area (Å²) in [4.78, 5) is 1.30. The van der Waals surface area contributed by atoms with E-state index in [4.69, 9.17) is 5.26 Å². The quantitative estimate of drug-likeness (QED) is 0.907. The summed E-state index contributed by atoms with van der Waals surface area (Å²) in [5.74, 6) is -0.420. The van der Waals surface area contributed by atoms with E-state index in [9.17, 15) is 4.39 Å². The lowest BCUT2D eigenvalue weighted by atomic mass is 9.91. The van der Waals surface area contributed by atoms with Crippen LogP contribution < -0.4 is 5.32 Å². The summed E-state index contributed by atoms with van der Waals surface area (Å²) in [5.41, 5.74) is 0.644. The molecule has 0 saturated carbocycles. The number of halogens is 1. The van der Waals surface area contributed by atoms with Gasteiger partial charge in [-0.25, -0.2) is 4.39 Å². The molecule has 104 valence electrons. The van der Waals surface area contributed by atoms with E-state index < -0.39 is 5.82 Å². The second kappa shape index (κ2) is 6.17. The number of nitrogens with zero attached hydrogens (tertiary/aromatic N) is 1. The summed E-state index contributed by atoms with van der Waals surface area (Å²) < 4.78 is 13.9. The highest BCUT2D eigenvalue weighted by molar-refractivity contribution is 7.10. The fraction of sp³-hybridized carbons (Fsp3) is 0.312. The molecule has 1 aromatic heterocycles. The van der Waals surface area contributed by atoms with Crippen LogP contribution in [0.25, 0.3) is 0 Å². The maximum absolute atomic E-state index is 13.9. The summed E-state index contributed by atoms with van der Waals surface area (Å²) >= 11 is 1.73. The zero-order valence-corrected chi connectivity index (χ0v) is 12.4. The Balaban J connectivity index is 1.99. The van der Waals surface area contributed by atoms with Crippen molar-refractivity contribution in [1.82, 2.24) is 5.32 Å². The van der Waals surface area contributed by atoms with Crippen LogP contribution in [-0.4, -0.2) is 6.54 Å². The topological polar surface area (TPSA) is 35.8 Å². The maximum atomic E-state index is 13.9. The van der Waals surface area contributed by atoms with Gasteiger partial charge >= 0.3 is 0 Å². The van der Waals surface area contributed by atoms with E-state index in [1.165, 1.54) is 10.9 Å². The van der Waals surface area contributed by atoms with Gasteiger partial charge in [0.25, 0.3) is 0 Å². The number of nitrogens with one attached hydrogen (secondary N) is 1. The van der Waals surface area contributed by atoms with Gasteiger partial charge in [0.2, 0.25) is 0 Å². The van der Waals surface area contributed by atoms with Gasteiger partial charge in [-0.3, -0.25) is 0 Å². The van der Waals surface area contributed by atoms with Gasteiger partial charge in [0.05, 0.1) is 5.56 Å². The fourth-order valence-electron chi connectivity index (χ4n) is 2.06. The zero-order chi connectivity index (χ0) is 14.6. The second-order valence-electron chi connectivity index (χ2n) is 5.36. The van der Waals surface area contributed by atoms with Crippen molar-refractivity contribution in [1.29, 1.82) is 5.26 Å². The Morgan fingerprint density at radius 2 is 2.10 bits per heavy atom. The van der Waals surface area contributed by atoms with Crippen LogP contribution in [0.1, 0.15) is 29.9 Å². The largest absolute Gasteiger partial charge is 0.312 e. The first-order valence-electron chi connectivity index (χ1n) is 6.47. The molecule has 0 aliphatic carbocycles. The SMILES string of the molecule is CC(C)(CNCc1cccc(C#N)c1F)c1cccs1. The van der Waals surface area contributed by atoms with Gasteiger partial charge in [-0.05, 0) is 17.5 Å². The normalized spacial score (nSPS) is 11.3. The highest BCUT2D eigenvalue weighted by Gasteiger charge is 2.21. The third kappa shape index (κ3) is 3.24. The molecule has 0 spiro atoms. The van der Waals surface area contributed by atoms with Gasteiger partial charge in [-0.2, -0.15) is 5.26 Å². The number of hydrogen-bond donors (Lipinski definition) is 1. The van der Waals surface area contributed by atoms with Gasteiger partial charge in [0.15, 0.2) is 0 Å². The Bertz CT molecular complexity index is 612. The Labute approximate surface area is 122 Å². The molecule has 0 aliphatic heterocycles. The first kappa shape index (κ1) is 14.7. The summed E-state index contributed by atoms with van der Waals surface area (Å²) in [5, 5.41) is 14.2. The molecule has 2 nitrogen and oxygen atoms in total. The van der Waals surface area contributed by atoms with Crippen LogP contribution in [0.15, 0.2) is 35.7 Å². The van der Waals surface area contributed by atoms with Gasteiger partial charge < -0.3 is 5.32 Å². The van der Waals surface area contributed by atoms with Crippen molar-refractivity contribution in [3.63, 3.8) is 0 Å². The predicted octanol–water partition coefficient (Wildman–Crippen LogP) is 3.83. The van der Waals surface area contributed by atoms with Crippen LogP contribution in [-0.2, 0) is 12.0 Å². The summed E-state index contributed by atoms with van der Waals surface area (Å²) in [7, 11) is 0. The molecule has 20 heavy (non-hydrogen) atoms. The zero-order valence-electron chi connectivity index (χ0n) is 11.6. The van der Waals surface area contributed by atoms with E-state index in [2.05, 4.69) is 30.6 Å². The molecule has 1 N–H and O–H groups in total. The minimum absolute atomic E-state index is 0.0114. The Kier molecular flexibility index (Phi) is 4.53. The first-order chi connectivity index (χ1) is 9.54. The minimum Gasteiger partial charge on any atom is -0.312 e. The average Bonchev–Trinajstić information content (AvgIpc) is 2.95. The highest BCUT2D eigenvalue weighted by atomic mass is 32.1. The molecular weight excluding hydrogens is 271 g/mol. The van der Waals surface area contributed by atoms with E-state index in [-0.39, 0.29) is 11.0 Å². The number of nitriles is 1. The van der Waals surface area contributed by atoms with Crippen molar-refractivity contribution in [2.75, 3.05) is 6.54 Å². The van der Waals surface area contributed by atoms with Crippen LogP contribution in [0.2, 0.25) is 0 Å². The molecule has 4 heteroatoms. The molecule has 0 saturated heterocycles. The van der Waals surface area contributed by atoms with E-state index in [0.717, 1.165) is 6.54 Å². The lowest BCUT2D eigenvalue weighted by Crippen LogP contribution is -2.32.